The Kier molecular flexibility index (Phi) is 3.43. The van der Waals surface area contributed by atoms with Gasteiger partial charge in [-0.25, -0.2) is 4.79 Å². The van der Waals surface area contributed by atoms with Gasteiger partial charge in [-0.15, -0.1) is 0 Å². The van der Waals surface area contributed by atoms with E-state index >= 15 is 0 Å². The molecule has 0 unspecified atom stereocenters. The zero-order valence-corrected chi connectivity index (χ0v) is 10.6. The first-order valence-corrected chi connectivity index (χ1v) is 6.05. The minimum Gasteiger partial charge on any atom is -0.397 e. The highest BCUT2D eigenvalue weighted by molar-refractivity contribution is 6.31. The maximum Gasteiger partial charge on any atom is 0.324 e. The standard InChI is InChI=1S/C12H16ClN3O/c1-15(12(17)16-6-2-3-7-16)11-8-9(13)4-5-10(11)14/h4-5,8H,2-3,6-7,14H2,1H3. The lowest BCUT2D eigenvalue weighted by Crippen LogP contribution is -2.39. The fourth-order valence-electron chi connectivity index (χ4n) is 2.03. The number of amides is 2. The number of hydrogen-bond acceptors (Lipinski definition) is 2. The second-order valence-corrected chi connectivity index (χ2v) is 4.68. The number of carbonyl (C=O) groups is 1. The zero-order chi connectivity index (χ0) is 12.4. The topological polar surface area (TPSA) is 49.6 Å². The molecule has 1 saturated heterocycles. The number of benzene rings is 1. The van der Waals surface area contributed by atoms with E-state index in [1.807, 2.05) is 4.90 Å². The lowest BCUT2D eigenvalue weighted by molar-refractivity contribution is 0.217. The largest absolute Gasteiger partial charge is 0.397 e. The minimum absolute atomic E-state index is 0.0172. The third-order valence-electron chi connectivity index (χ3n) is 3.02. The third kappa shape index (κ3) is 2.47. The van der Waals surface area contributed by atoms with Gasteiger partial charge >= 0.3 is 6.03 Å². The van der Waals surface area contributed by atoms with Crippen LogP contribution in [-0.4, -0.2) is 31.1 Å². The SMILES string of the molecule is CN(C(=O)N1CCCC1)c1cc(Cl)ccc1N. The quantitative estimate of drug-likeness (QED) is 0.782. The van der Waals surface area contributed by atoms with Gasteiger partial charge in [-0.3, -0.25) is 4.90 Å². The highest BCUT2D eigenvalue weighted by Crippen LogP contribution is 2.27. The summed E-state index contributed by atoms with van der Waals surface area (Å²) in [5.74, 6) is 0. The summed E-state index contributed by atoms with van der Waals surface area (Å²) in [7, 11) is 1.72. The van der Waals surface area contributed by atoms with E-state index in [-0.39, 0.29) is 6.03 Å². The first kappa shape index (κ1) is 12.0. The molecule has 1 fully saturated rings. The summed E-state index contributed by atoms with van der Waals surface area (Å²) in [6.45, 7) is 1.65. The van der Waals surface area contributed by atoms with E-state index in [9.17, 15) is 4.79 Å². The fraction of sp³-hybridized carbons (Fsp3) is 0.417. The van der Waals surface area contributed by atoms with Crippen molar-refractivity contribution in [1.82, 2.24) is 4.90 Å². The van der Waals surface area contributed by atoms with E-state index < -0.39 is 0 Å². The number of nitrogens with two attached hydrogens (primary N) is 1. The van der Waals surface area contributed by atoms with Crippen molar-refractivity contribution in [1.29, 1.82) is 0 Å². The highest BCUT2D eigenvalue weighted by atomic mass is 35.5. The zero-order valence-electron chi connectivity index (χ0n) is 9.82. The molecule has 0 aliphatic carbocycles. The van der Waals surface area contributed by atoms with E-state index in [1.165, 1.54) is 0 Å². The number of rotatable bonds is 1. The van der Waals surface area contributed by atoms with Gasteiger partial charge in [-0.05, 0) is 31.0 Å². The van der Waals surface area contributed by atoms with Crippen LogP contribution in [0.3, 0.4) is 0 Å². The van der Waals surface area contributed by atoms with Gasteiger partial charge in [0, 0.05) is 25.2 Å². The monoisotopic (exact) mass is 253 g/mol. The molecule has 0 saturated carbocycles. The lowest BCUT2D eigenvalue weighted by atomic mass is 10.2. The van der Waals surface area contributed by atoms with Crippen LogP contribution in [0.2, 0.25) is 5.02 Å². The van der Waals surface area contributed by atoms with Crippen molar-refractivity contribution in [3.63, 3.8) is 0 Å². The Bertz CT molecular complexity index is 430. The van der Waals surface area contributed by atoms with Crippen molar-refractivity contribution >= 4 is 29.0 Å². The number of halogens is 1. The van der Waals surface area contributed by atoms with Crippen molar-refractivity contribution < 1.29 is 4.79 Å². The molecule has 2 N–H and O–H groups in total. The minimum atomic E-state index is -0.0172. The molecule has 1 heterocycles. The molecule has 1 aliphatic rings. The summed E-state index contributed by atoms with van der Waals surface area (Å²) in [5.41, 5.74) is 7.08. The van der Waals surface area contributed by atoms with Crippen molar-refractivity contribution in [2.24, 2.45) is 0 Å². The van der Waals surface area contributed by atoms with Crippen molar-refractivity contribution in [2.75, 3.05) is 30.8 Å². The fourth-order valence-corrected chi connectivity index (χ4v) is 2.20. The molecule has 1 aromatic rings. The van der Waals surface area contributed by atoms with E-state index in [1.54, 1.807) is 30.1 Å². The van der Waals surface area contributed by atoms with Crippen LogP contribution in [0, 0.1) is 0 Å². The molecule has 92 valence electrons. The van der Waals surface area contributed by atoms with E-state index in [0.717, 1.165) is 25.9 Å². The number of urea groups is 1. The molecule has 17 heavy (non-hydrogen) atoms. The van der Waals surface area contributed by atoms with Crippen LogP contribution in [0.15, 0.2) is 18.2 Å². The maximum atomic E-state index is 12.2. The normalized spacial score (nSPS) is 15.1. The van der Waals surface area contributed by atoms with Gasteiger partial charge in [0.1, 0.15) is 0 Å². The Balaban J connectivity index is 2.20. The average molecular weight is 254 g/mol. The van der Waals surface area contributed by atoms with Gasteiger partial charge in [0.2, 0.25) is 0 Å². The van der Waals surface area contributed by atoms with E-state index in [4.69, 9.17) is 17.3 Å². The molecular weight excluding hydrogens is 238 g/mol. The third-order valence-corrected chi connectivity index (χ3v) is 3.25. The van der Waals surface area contributed by atoms with Crippen molar-refractivity contribution in [3.05, 3.63) is 23.2 Å². The number of hydrogen-bond donors (Lipinski definition) is 1. The lowest BCUT2D eigenvalue weighted by Gasteiger charge is -2.25. The van der Waals surface area contributed by atoms with Gasteiger partial charge in [0.15, 0.2) is 0 Å². The maximum absolute atomic E-state index is 12.2. The first-order valence-electron chi connectivity index (χ1n) is 5.67. The van der Waals surface area contributed by atoms with Gasteiger partial charge in [0.05, 0.1) is 11.4 Å². The Morgan fingerprint density at radius 3 is 2.71 bits per heavy atom. The number of nitrogen functional groups attached to an aromatic ring is 1. The second kappa shape index (κ2) is 4.84. The molecule has 0 bridgehead atoms. The van der Waals surface area contributed by atoms with E-state index in [2.05, 4.69) is 0 Å². The Morgan fingerprint density at radius 2 is 2.06 bits per heavy atom. The number of carbonyl (C=O) groups excluding carboxylic acids is 1. The first-order chi connectivity index (χ1) is 8.09. The molecule has 1 aromatic carbocycles. The van der Waals surface area contributed by atoms with Crippen LogP contribution in [0.1, 0.15) is 12.8 Å². The predicted molar refractivity (Wildman–Crippen MR) is 70.5 cm³/mol. The summed E-state index contributed by atoms with van der Waals surface area (Å²) in [6.07, 6.45) is 2.15. The van der Waals surface area contributed by atoms with Gasteiger partial charge in [0.25, 0.3) is 0 Å². The highest BCUT2D eigenvalue weighted by Gasteiger charge is 2.23. The number of anilines is 2. The summed E-state index contributed by atoms with van der Waals surface area (Å²) in [4.78, 5) is 15.6. The van der Waals surface area contributed by atoms with Gasteiger partial charge in [-0.2, -0.15) is 0 Å². The molecule has 0 aromatic heterocycles. The molecule has 2 amide bonds. The van der Waals surface area contributed by atoms with E-state index in [0.29, 0.717) is 16.4 Å². The summed E-state index contributed by atoms with van der Waals surface area (Å²) < 4.78 is 0. The molecule has 0 radical (unpaired) electrons. The summed E-state index contributed by atoms with van der Waals surface area (Å²) in [6, 6.07) is 5.13. The predicted octanol–water partition coefficient (Wildman–Crippen LogP) is 2.57. The smallest absolute Gasteiger partial charge is 0.324 e. The van der Waals surface area contributed by atoms with Crippen LogP contribution >= 0.6 is 11.6 Å². The van der Waals surface area contributed by atoms with Crippen LogP contribution in [-0.2, 0) is 0 Å². The molecule has 0 spiro atoms. The van der Waals surface area contributed by atoms with Crippen molar-refractivity contribution in [3.8, 4) is 0 Å². The number of nitrogens with zero attached hydrogens (tertiary/aromatic N) is 2. The average Bonchev–Trinajstić information content (AvgIpc) is 2.84. The Labute approximate surface area is 106 Å². The van der Waals surface area contributed by atoms with Gasteiger partial charge < -0.3 is 10.6 Å². The van der Waals surface area contributed by atoms with Crippen molar-refractivity contribution in [2.45, 2.75) is 12.8 Å². The molecule has 0 atom stereocenters. The molecule has 4 nitrogen and oxygen atoms in total. The van der Waals surface area contributed by atoms with Crippen LogP contribution in [0.25, 0.3) is 0 Å². The van der Waals surface area contributed by atoms with Crippen LogP contribution in [0.4, 0.5) is 16.2 Å². The Hall–Kier alpha value is -1.42. The Morgan fingerprint density at radius 1 is 1.41 bits per heavy atom. The van der Waals surface area contributed by atoms with Gasteiger partial charge in [-0.1, -0.05) is 11.6 Å². The van der Waals surface area contributed by atoms with Crippen LogP contribution < -0.4 is 10.6 Å². The molecule has 1 aliphatic heterocycles. The molecule has 5 heteroatoms. The number of likely N-dealkylation sites (tertiary alicyclic amines) is 1. The summed E-state index contributed by atoms with van der Waals surface area (Å²) in [5, 5.41) is 0.579. The molecular formula is C12H16ClN3O. The second-order valence-electron chi connectivity index (χ2n) is 4.24. The summed E-state index contributed by atoms with van der Waals surface area (Å²) >= 11 is 5.92. The van der Waals surface area contributed by atoms with Crippen LogP contribution in [0.5, 0.6) is 0 Å². The molecule has 2 rings (SSSR count).